The van der Waals surface area contributed by atoms with E-state index in [-0.39, 0.29) is 0 Å². The third-order valence-electron chi connectivity index (χ3n) is 5.05. The van der Waals surface area contributed by atoms with E-state index < -0.39 is 0 Å². The molecule has 0 saturated carbocycles. The summed E-state index contributed by atoms with van der Waals surface area (Å²) >= 11 is 1.56. The summed E-state index contributed by atoms with van der Waals surface area (Å²) in [5.74, 6) is 0. The predicted molar refractivity (Wildman–Crippen MR) is 109 cm³/mol. The Kier molecular flexibility index (Phi) is 5.27. The van der Waals surface area contributed by atoms with Crippen molar-refractivity contribution in [3.05, 3.63) is 64.7 Å². The molecular formula is C21H25N5S. The number of thioether (sulfide) groups is 1. The zero-order valence-electron chi connectivity index (χ0n) is 16.1. The lowest BCUT2D eigenvalue weighted by Gasteiger charge is -2.24. The number of aryl methyl sites for hydroxylation is 2. The Bertz CT molecular complexity index is 912. The molecule has 2 aromatic heterocycles. The Hall–Kier alpha value is -2.18. The number of fused-ring (bicyclic) bond motifs is 1. The van der Waals surface area contributed by atoms with Gasteiger partial charge in [0, 0.05) is 41.8 Å². The Morgan fingerprint density at radius 3 is 2.56 bits per heavy atom. The van der Waals surface area contributed by atoms with Gasteiger partial charge in [-0.2, -0.15) is 5.10 Å². The first-order valence-electron chi connectivity index (χ1n) is 9.38. The van der Waals surface area contributed by atoms with E-state index in [1.165, 1.54) is 28.8 Å². The SMILES string of the molecule is CSc1ncc(CNC2CCCc3c2cnn3-c2cc(C)cc(C)c2)cn1. The van der Waals surface area contributed by atoms with Crippen LogP contribution >= 0.6 is 11.8 Å². The molecule has 3 aromatic rings. The Balaban J connectivity index is 1.54. The van der Waals surface area contributed by atoms with Gasteiger partial charge in [-0.3, -0.25) is 0 Å². The van der Waals surface area contributed by atoms with Crippen molar-refractivity contribution in [1.82, 2.24) is 25.1 Å². The molecule has 5 nitrogen and oxygen atoms in total. The number of nitrogens with one attached hydrogen (secondary N) is 1. The number of nitrogens with zero attached hydrogens (tertiary/aromatic N) is 4. The summed E-state index contributed by atoms with van der Waals surface area (Å²) in [5.41, 5.74) is 7.47. The monoisotopic (exact) mass is 379 g/mol. The molecular weight excluding hydrogens is 354 g/mol. The van der Waals surface area contributed by atoms with E-state index in [0.717, 1.165) is 35.8 Å². The summed E-state index contributed by atoms with van der Waals surface area (Å²) in [6.07, 6.45) is 11.2. The maximum Gasteiger partial charge on any atom is 0.187 e. The first kappa shape index (κ1) is 18.2. The van der Waals surface area contributed by atoms with Gasteiger partial charge < -0.3 is 5.32 Å². The molecule has 1 aromatic carbocycles. The smallest absolute Gasteiger partial charge is 0.187 e. The first-order valence-corrected chi connectivity index (χ1v) is 10.6. The van der Waals surface area contributed by atoms with Crippen LogP contribution in [-0.2, 0) is 13.0 Å². The van der Waals surface area contributed by atoms with E-state index in [1.807, 2.05) is 24.8 Å². The molecule has 1 N–H and O–H groups in total. The Labute approximate surface area is 164 Å². The average molecular weight is 380 g/mol. The van der Waals surface area contributed by atoms with Gasteiger partial charge in [-0.05, 0) is 62.6 Å². The average Bonchev–Trinajstić information content (AvgIpc) is 3.11. The number of benzene rings is 1. The molecule has 1 aliphatic rings. The normalized spacial score (nSPS) is 16.3. The Morgan fingerprint density at radius 1 is 1.11 bits per heavy atom. The third kappa shape index (κ3) is 3.92. The van der Waals surface area contributed by atoms with Crippen LogP contribution in [-0.4, -0.2) is 26.0 Å². The molecule has 1 atom stereocenters. The van der Waals surface area contributed by atoms with E-state index in [0.29, 0.717) is 6.04 Å². The molecule has 6 heteroatoms. The zero-order chi connectivity index (χ0) is 18.8. The van der Waals surface area contributed by atoms with E-state index >= 15 is 0 Å². The maximum atomic E-state index is 4.73. The standard InChI is InChI=1S/C21H25N5S/c1-14-7-15(2)9-17(8-14)26-20-6-4-5-19(18(20)13-25-26)22-10-16-11-23-21(27-3)24-12-16/h7-9,11-13,19,22H,4-6,10H2,1-3H3. The van der Waals surface area contributed by atoms with Crippen molar-refractivity contribution in [1.29, 1.82) is 0 Å². The fraction of sp³-hybridized carbons (Fsp3) is 0.381. The maximum absolute atomic E-state index is 4.73. The van der Waals surface area contributed by atoms with Gasteiger partial charge in [-0.1, -0.05) is 17.8 Å². The van der Waals surface area contributed by atoms with Crippen LogP contribution in [0, 0.1) is 13.8 Å². The highest BCUT2D eigenvalue weighted by molar-refractivity contribution is 7.98. The van der Waals surface area contributed by atoms with Gasteiger partial charge in [-0.15, -0.1) is 0 Å². The predicted octanol–water partition coefficient (Wildman–Crippen LogP) is 4.17. The van der Waals surface area contributed by atoms with Crippen LogP contribution in [0.4, 0.5) is 0 Å². The van der Waals surface area contributed by atoms with Crippen LogP contribution < -0.4 is 5.32 Å². The van der Waals surface area contributed by atoms with Crippen molar-refractivity contribution >= 4 is 11.8 Å². The van der Waals surface area contributed by atoms with Gasteiger partial charge in [0.15, 0.2) is 5.16 Å². The zero-order valence-corrected chi connectivity index (χ0v) is 16.9. The topological polar surface area (TPSA) is 55.6 Å². The number of hydrogen-bond acceptors (Lipinski definition) is 5. The minimum Gasteiger partial charge on any atom is -0.306 e. The van der Waals surface area contributed by atoms with E-state index in [2.05, 4.69) is 52.0 Å². The highest BCUT2D eigenvalue weighted by Crippen LogP contribution is 2.31. The molecule has 1 unspecified atom stereocenters. The van der Waals surface area contributed by atoms with Crippen molar-refractivity contribution in [2.75, 3.05) is 6.26 Å². The molecule has 1 aliphatic carbocycles. The molecule has 0 bridgehead atoms. The van der Waals surface area contributed by atoms with Crippen molar-refractivity contribution in [2.45, 2.75) is 50.9 Å². The molecule has 0 radical (unpaired) electrons. The van der Waals surface area contributed by atoms with Gasteiger partial charge in [0.05, 0.1) is 11.9 Å². The number of hydrogen-bond donors (Lipinski definition) is 1. The number of rotatable bonds is 5. The Morgan fingerprint density at radius 2 is 1.85 bits per heavy atom. The van der Waals surface area contributed by atoms with E-state index in [9.17, 15) is 0 Å². The lowest BCUT2D eigenvalue weighted by Crippen LogP contribution is -2.25. The van der Waals surface area contributed by atoms with Gasteiger partial charge in [0.2, 0.25) is 0 Å². The lowest BCUT2D eigenvalue weighted by atomic mass is 9.92. The van der Waals surface area contributed by atoms with Crippen LogP contribution in [0.3, 0.4) is 0 Å². The fourth-order valence-electron chi connectivity index (χ4n) is 3.85. The second-order valence-electron chi connectivity index (χ2n) is 7.21. The van der Waals surface area contributed by atoms with Gasteiger partial charge in [-0.25, -0.2) is 14.6 Å². The second-order valence-corrected chi connectivity index (χ2v) is 7.98. The molecule has 0 aliphatic heterocycles. The molecule has 4 rings (SSSR count). The van der Waals surface area contributed by atoms with Crippen LogP contribution in [0.5, 0.6) is 0 Å². The van der Waals surface area contributed by atoms with Gasteiger partial charge in [0.1, 0.15) is 0 Å². The van der Waals surface area contributed by atoms with Crippen molar-refractivity contribution in [3.63, 3.8) is 0 Å². The summed E-state index contributed by atoms with van der Waals surface area (Å²) in [4.78, 5) is 8.72. The highest BCUT2D eigenvalue weighted by Gasteiger charge is 2.24. The molecule has 27 heavy (non-hydrogen) atoms. The molecule has 2 heterocycles. The summed E-state index contributed by atoms with van der Waals surface area (Å²) in [6, 6.07) is 6.95. The fourth-order valence-corrected chi connectivity index (χ4v) is 4.16. The molecule has 0 fully saturated rings. The lowest BCUT2D eigenvalue weighted by molar-refractivity contribution is 0.454. The molecule has 0 saturated heterocycles. The van der Waals surface area contributed by atoms with Crippen LogP contribution in [0.25, 0.3) is 5.69 Å². The van der Waals surface area contributed by atoms with Crippen LogP contribution in [0.1, 0.15) is 46.8 Å². The summed E-state index contributed by atoms with van der Waals surface area (Å²) < 4.78 is 2.12. The van der Waals surface area contributed by atoms with E-state index in [1.54, 1.807) is 11.8 Å². The van der Waals surface area contributed by atoms with Gasteiger partial charge in [0.25, 0.3) is 0 Å². The van der Waals surface area contributed by atoms with Crippen molar-refractivity contribution in [3.8, 4) is 5.69 Å². The minimum absolute atomic E-state index is 0.327. The van der Waals surface area contributed by atoms with Crippen LogP contribution in [0.15, 0.2) is 41.9 Å². The van der Waals surface area contributed by atoms with E-state index in [4.69, 9.17) is 5.10 Å². The quantitative estimate of drug-likeness (QED) is 0.533. The first-order chi connectivity index (χ1) is 13.1. The highest BCUT2D eigenvalue weighted by atomic mass is 32.2. The largest absolute Gasteiger partial charge is 0.306 e. The second kappa shape index (κ2) is 7.82. The minimum atomic E-state index is 0.327. The molecule has 140 valence electrons. The van der Waals surface area contributed by atoms with Crippen molar-refractivity contribution in [2.24, 2.45) is 0 Å². The summed E-state index contributed by atoms with van der Waals surface area (Å²) in [7, 11) is 0. The van der Waals surface area contributed by atoms with Crippen LogP contribution in [0.2, 0.25) is 0 Å². The van der Waals surface area contributed by atoms with Crippen molar-refractivity contribution < 1.29 is 0 Å². The van der Waals surface area contributed by atoms with Gasteiger partial charge >= 0.3 is 0 Å². The summed E-state index contributed by atoms with van der Waals surface area (Å²) in [6.45, 7) is 5.05. The number of aromatic nitrogens is 4. The third-order valence-corrected chi connectivity index (χ3v) is 5.63. The summed E-state index contributed by atoms with van der Waals surface area (Å²) in [5, 5.41) is 9.22. The molecule has 0 spiro atoms. The molecule has 0 amide bonds.